The van der Waals surface area contributed by atoms with Crippen molar-refractivity contribution in [1.29, 1.82) is 0 Å². The smallest absolute Gasteiger partial charge is 0.285 e. The highest BCUT2D eigenvalue weighted by Gasteiger charge is 2.44. The number of carbonyl (C=O) groups is 2. The number of halogens is 2. The quantitative estimate of drug-likeness (QED) is 0.103. The number of carbonyl (C=O) groups excluding carboxylic acids is 2. The molecule has 2 unspecified atom stereocenters. The van der Waals surface area contributed by atoms with Gasteiger partial charge in [0.1, 0.15) is 0 Å². The van der Waals surface area contributed by atoms with E-state index in [4.69, 9.17) is 56.5 Å². The first-order chi connectivity index (χ1) is 19.7. The molecule has 2 aromatic rings. The van der Waals surface area contributed by atoms with E-state index in [1.54, 1.807) is 19.1 Å². The molecule has 0 aliphatic carbocycles. The van der Waals surface area contributed by atoms with E-state index in [2.05, 4.69) is 0 Å². The minimum absolute atomic E-state index is 0.0316. The maximum atomic E-state index is 13.6. The zero-order chi connectivity index (χ0) is 30.0. The minimum Gasteiger partial charge on any atom is -0.462 e. The monoisotopic (exact) mass is 635 g/mol. The summed E-state index contributed by atoms with van der Waals surface area (Å²) in [4.78, 5) is 42.8. The lowest BCUT2D eigenvalue weighted by Gasteiger charge is -2.28. The number of nitrogens with zero attached hydrogens (tertiary/aromatic N) is 1. The van der Waals surface area contributed by atoms with E-state index in [0.29, 0.717) is 18.3 Å². The maximum absolute atomic E-state index is 13.6. The van der Waals surface area contributed by atoms with Crippen LogP contribution in [-0.2, 0) is 28.4 Å². The van der Waals surface area contributed by atoms with Gasteiger partial charge in [-0.2, -0.15) is 0 Å². The number of hydrogen-bond donors (Lipinski definition) is 1. The van der Waals surface area contributed by atoms with E-state index >= 15 is 0 Å². The Balaban J connectivity index is 2.01. The molecule has 1 heterocycles. The van der Waals surface area contributed by atoms with Crippen molar-refractivity contribution in [3.8, 4) is 11.5 Å². The average Bonchev–Trinajstić information content (AvgIpc) is 3.18. The van der Waals surface area contributed by atoms with Gasteiger partial charge in [0.05, 0.1) is 47.6 Å². The van der Waals surface area contributed by atoms with Crippen molar-refractivity contribution in [3.63, 3.8) is 0 Å². The fourth-order valence-corrected chi connectivity index (χ4v) is 6.18. The van der Waals surface area contributed by atoms with Gasteiger partial charge in [-0.1, -0.05) is 42.3 Å². The number of amides is 2. The Bertz CT molecular complexity index is 1230. The molecule has 226 valence electrons. The molecule has 1 aliphatic heterocycles. The third-order valence-corrected chi connectivity index (χ3v) is 8.60. The Morgan fingerprint density at radius 2 is 1.44 bits per heavy atom. The van der Waals surface area contributed by atoms with Crippen LogP contribution in [0.3, 0.4) is 0 Å². The second kappa shape index (κ2) is 15.8. The van der Waals surface area contributed by atoms with E-state index in [0.717, 1.165) is 0 Å². The first-order valence-corrected chi connectivity index (χ1v) is 15.2. The van der Waals surface area contributed by atoms with Gasteiger partial charge in [0.15, 0.2) is 30.9 Å². The van der Waals surface area contributed by atoms with Crippen LogP contribution in [0.4, 0.5) is 0 Å². The van der Waals surface area contributed by atoms with E-state index < -0.39 is 25.0 Å². The highest BCUT2D eigenvalue weighted by Crippen LogP contribution is 2.60. The molecule has 12 nitrogen and oxygen atoms in total. The average molecular weight is 636 g/mol. The van der Waals surface area contributed by atoms with Crippen molar-refractivity contribution >= 4 is 42.4 Å². The normalized spacial score (nSPS) is 15.1. The summed E-state index contributed by atoms with van der Waals surface area (Å²) in [5.74, 6) is -3.50. The van der Waals surface area contributed by atoms with Crippen molar-refractivity contribution in [3.05, 3.63) is 57.1 Å². The first-order valence-electron chi connectivity index (χ1n) is 12.5. The molecule has 2 amide bonds. The number of rotatable bonds is 18. The molecule has 0 bridgehead atoms. The van der Waals surface area contributed by atoms with Gasteiger partial charge < -0.3 is 33.3 Å². The number of ether oxygens (including phenoxy) is 6. The van der Waals surface area contributed by atoms with Gasteiger partial charge in [-0.05, 0) is 24.6 Å². The molecular weight excluding hydrogens is 604 g/mol. The third kappa shape index (κ3) is 8.19. The van der Waals surface area contributed by atoms with Crippen LogP contribution in [-0.4, -0.2) is 82.2 Å². The second-order valence-electron chi connectivity index (χ2n) is 8.63. The molecule has 2 atom stereocenters. The molecule has 41 heavy (non-hydrogen) atoms. The summed E-state index contributed by atoms with van der Waals surface area (Å²) in [5, 5.41) is 0.184. The SMILES string of the molecule is CCCP(=O)(O)C(ON1C(=O)c2ccccc2C1=O)c1cc(Cl)c(OCOCCOC)c(OCOCCOC)c1Cl. The molecule has 0 saturated carbocycles. The molecule has 3 rings (SSSR count). The van der Waals surface area contributed by atoms with Crippen molar-refractivity contribution < 1.29 is 52.3 Å². The van der Waals surface area contributed by atoms with E-state index in [9.17, 15) is 19.0 Å². The fourth-order valence-electron chi connectivity index (χ4n) is 3.80. The molecule has 0 radical (unpaired) electrons. The minimum atomic E-state index is -4.28. The summed E-state index contributed by atoms with van der Waals surface area (Å²) in [5.41, 5.74) is 0.0863. The van der Waals surface area contributed by atoms with Crippen molar-refractivity contribution in [2.45, 2.75) is 19.2 Å². The van der Waals surface area contributed by atoms with E-state index in [-0.39, 0.29) is 77.6 Å². The van der Waals surface area contributed by atoms with Gasteiger partial charge in [-0.15, -0.1) is 5.06 Å². The predicted octanol–water partition coefficient (Wildman–Crippen LogP) is 4.90. The second-order valence-corrected chi connectivity index (χ2v) is 11.8. The van der Waals surface area contributed by atoms with Gasteiger partial charge in [0.25, 0.3) is 11.8 Å². The number of imide groups is 1. The van der Waals surface area contributed by atoms with Gasteiger partial charge in [-0.25, -0.2) is 4.84 Å². The number of hydrogen-bond acceptors (Lipinski definition) is 10. The lowest BCUT2D eigenvalue weighted by atomic mass is 10.1. The summed E-state index contributed by atoms with van der Waals surface area (Å²) in [6.45, 7) is 2.21. The highest BCUT2D eigenvalue weighted by atomic mass is 35.5. The summed E-state index contributed by atoms with van der Waals surface area (Å²) >= 11 is 13.3. The Morgan fingerprint density at radius 3 is 1.95 bits per heavy atom. The summed E-state index contributed by atoms with van der Waals surface area (Å²) in [6, 6.07) is 7.35. The zero-order valence-electron chi connectivity index (χ0n) is 22.8. The number of benzene rings is 2. The van der Waals surface area contributed by atoms with Crippen LogP contribution >= 0.6 is 30.6 Å². The third-order valence-electron chi connectivity index (χ3n) is 5.73. The number of hydroxylamine groups is 2. The molecule has 2 aromatic carbocycles. The lowest BCUT2D eigenvalue weighted by molar-refractivity contribution is -0.110. The fraction of sp³-hybridized carbons (Fsp3) is 0.462. The standard InChI is InChI=1S/C26H32Cl2NO11P/c1-4-13-41(32,33)26(40-29-24(30)17-7-5-6-8-18(17)25(29)31)19-14-20(27)22(38-15-36-11-9-34-2)23(21(19)28)39-16-37-12-10-35-3/h5-8,14,26H,4,9-13,15-16H2,1-3H3,(H,32,33). The molecule has 1 N–H and O–H groups in total. The molecule has 15 heteroatoms. The van der Waals surface area contributed by atoms with Crippen LogP contribution in [0, 0.1) is 0 Å². The Labute approximate surface area is 247 Å². The van der Waals surface area contributed by atoms with Crippen molar-refractivity contribution in [2.75, 3.05) is 60.4 Å². The Hall–Kier alpha value is -2.25. The van der Waals surface area contributed by atoms with Crippen LogP contribution in [0.2, 0.25) is 10.0 Å². The first kappa shape index (κ1) is 33.3. The van der Waals surface area contributed by atoms with Gasteiger partial charge in [0.2, 0.25) is 7.37 Å². The van der Waals surface area contributed by atoms with Crippen LogP contribution < -0.4 is 9.47 Å². The molecule has 0 spiro atoms. The largest absolute Gasteiger partial charge is 0.462 e. The molecule has 0 fully saturated rings. The van der Waals surface area contributed by atoms with Crippen molar-refractivity contribution in [1.82, 2.24) is 5.06 Å². The Morgan fingerprint density at radius 1 is 0.902 bits per heavy atom. The molecular formula is C26H32Cl2NO11P. The molecule has 0 saturated heterocycles. The highest BCUT2D eigenvalue weighted by molar-refractivity contribution is 7.58. The number of methoxy groups -OCH3 is 2. The van der Waals surface area contributed by atoms with Gasteiger partial charge in [-0.3, -0.25) is 14.2 Å². The van der Waals surface area contributed by atoms with E-state index in [1.165, 1.54) is 32.4 Å². The van der Waals surface area contributed by atoms with Crippen LogP contribution in [0.1, 0.15) is 45.5 Å². The number of fused-ring (bicyclic) bond motifs is 1. The molecule has 1 aliphatic rings. The zero-order valence-corrected chi connectivity index (χ0v) is 25.2. The van der Waals surface area contributed by atoms with Crippen LogP contribution in [0.15, 0.2) is 30.3 Å². The molecule has 0 aromatic heterocycles. The maximum Gasteiger partial charge on any atom is 0.285 e. The van der Waals surface area contributed by atoms with E-state index in [1.807, 2.05) is 0 Å². The Kier molecular flexibility index (Phi) is 12.8. The summed E-state index contributed by atoms with van der Waals surface area (Å²) < 4.78 is 45.6. The van der Waals surface area contributed by atoms with Crippen LogP contribution in [0.5, 0.6) is 11.5 Å². The predicted molar refractivity (Wildman–Crippen MR) is 149 cm³/mol. The van der Waals surface area contributed by atoms with Gasteiger partial charge in [0, 0.05) is 25.9 Å². The summed E-state index contributed by atoms with van der Waals surface area (Å²) in [7, 11) is -1.24. The lowest BCUT2D eigenvalue weighted by Crippen LogP contribution is -2.32. The topological polar surface area (TPSA) is 139 Å². The van der Waals surface area contributed by atoms with Crippen molar-refractivity contribution in [2.24, 2.45) is 0 Å². The summed E-state index contributed by atoms with van der Waals surface area (Å²) in [6.07, 6.45) is 0.0779. The van der Waals surface area contributed by atoms with Gasteiger partial charge >= 0.3 is 0 Å². The van der Waals surface area contributed by atoms with Crippen LogP contribution in [0.25, 0.3) is 0 Å².